The lowest BCUT2D eigenvalue weighted by Crippen LogP contribution is -2.09. The maximum atomic E-state index is 2.33. The van der Waals surface area contributed by atoms with Gasteiger partial charge in [0, 0.05) is 17.1 Å². The highest BCUT2D eigenvalue weighted by Crippen LogP contribution is 2.35. The first-order valence-electron chi connectivity index (χ1n) is 16.1. The van der Waals surface area contributed by atoms with E-state index in [2.05, 4.69) is 196 Å². The molecule has 0 atom stereocenters. The van der Waals surface area contributed by atoms with Gasteiger partial charge in [-0.25, -0.2) is 0 Å². The molecule has 0 bridgehead atoms. The first-order valence-corrected chi connectivity index (χ1v) is 16.1. The van der Waals surface area contributed by atoms with Gasteiger partial charge in [-0.2, -0.15) is 0 Å². The fraction of sp³-hybridized carbons (Fsp3) is 0.111. The molecule has 5 aromatic rings. The molecule has 1 aliphatic carbocycles. The molecule has 0 spiro atoms. The summed E-state index contributed by atoms with van der Waals surface area (Å²) in [6.07, 6.45) is 20.0. The molecular formula is C45H41N. The zero-order valence-corrected chi connectivity index (χ0v) is 27.0. The van der Waals surface area contributed by atoms with Crippen molar-refractivity contribution in [1.29, 1.82) is 0 Å². The number of aryl methyl sites for hydroxylation is 2. The number of benzene rings is 5. The number of anilines is 3. The Hall–Kier alpha value is -5.40. The second kappa shape index (κ2) is 14.6. The van der Waals surface area contributed by atoms with Crippen molar-refractivity contribution in [3.8, 4) is 0 Å². The summed E-state index contributed by atoms with van der Waals surface area (Å²) >= 11 is 0. The van der Waals surface area contributed by atoms with Gasteiger partial charge in [0.15, 0.2) is 0 Å². The van der Waals surface area contributed by atoms with Gasteiger partial charge in [-0.05, 0) is 103 Å². The first-order chi connectivity index (χ1) is 22.5. The highest BCUT2D eigenvalue weighted by atomic mass is 15.1. The average Bonchev–Trinajstić information content (AvgIpc) is 3.07. The zero-order valence-electron chi connectivity index (χ0n) is 27.0. The normalized spacial score (nSPS) is 13.4. The topological polar surface area (TPSA) is 3.24 Å². The summed E-state index contributed by atoms with van der Waals surface area (Å²) in [5.41, 5.74) is 14.6. The lowest BCUT2D eigenvalue weighted by molar-refractivity contribution is 0.974. The van der Waals surface area contributed by atoms with Crippen LogP contribution in [0.4, 0.5) is 17.1 Å². The van der Waals surface area contributed by atoms with Crippen LogP contribution in [0.15, 0.2) is 151 Å². The lowest BCUT2D eigenvalue weighted by Gasteiger charge is -2.26. The SMILES string of the molecule is CC1=CCCC(/C=C/c2ccc(N(c3ccc(/C=C/c4cccc(C)c4)cc3)c3ccc(/C=C/c4cccc(C)c4)cc3)cc2)=C1. The van der Waals surface area contributed by atoms with Crippen LogP contribution in [-0.4, -0.2) is 0 Å². The van der Waals surface area contributed by atoms with Crippen LogP contribution in [0.3, 0.4) is 0 Å². The number of hydrogen-bond donors (Lipinski definition) is 0. The van der Waals surface area contributed by atoms with Gasteiger partial charge in [-0.15, -0.1) is 0 Å². The standard InChI is InChI=1S/C45H41N/c1-34-7-4-10-40(31-34)16-13-37-19-25-43(26-20-37)46(44-27-21-38(22-28-44)14-17-41-11-5-8-35(2)32-41)45-29-23-39(24-30-45)15-18-42-12-6-9-36(3)33-42/h4-5,7-11,13-33H,6,12H2,1-3H3/b16-13+,17-14+,18-15+. The molecule has 0 aromatic heterocycles. The molecule has 1 heteroatoms. The number of allylic oxidation sites excluding steroid dienone is 5. The summed E-state index contributed by atoms with van der Waals surface area (Å²) in [6.45, 7) is 6.43. The molecule has 0 saturated heterocycles. The van der Waals surface area contributed by atoms with Crippen molar-refractivity contribution < 1.29 is 0 Å². The van der Waals surface area contributed by atoms with Crippen LogP contribution in [-0.2, 0) is 0 Å². The minimum Gasteiger partial charge on any atom is -0.311 e. The number of hydrogen-bond acceptors (Lipinski definition) is 1. The third-order valence-corrected chi connectivity index (χ3v) is 8.28. The van der Waals surface area contributed by atoms with Gasteiger partial charge < -0.3 is 4.90 Å². The molecule has 0 heterocycles. The van der Waals surface area contributed by atoms with Gasteiger partial charge in [-0.3, -0.25) is 0 Å². The fourth-order valence-electron chi connectivity index (χ4n) is 5.81. The first kappa shape index (κ1) is 30.6. The highest BCUT2D eigenvalue weighted by Gasteiger charge is 2.12. The molecule has 1 aliphatic rings. The molecule has 226 valence electrons. The van der Waals surface area contributed by atoms with Crippen molar-refractivity contribution in [1.82, 2.24) is 0 Å². The van der Waals surface area contributed by atoms with Crippen LogP contribution in [0.2, 0.25) is 0 Å². The van der Waals surface area contributed by atoms with Gasteiger partial charge in [0.1, 0.15) is 0 Å². The Kier molecular flexibility index (Phi) is 9.71. The second-order valence-corrected chi connectivity index (χ2v) is 12.1. The van der Waals surface area contributed by atoms with E-state index in [-0.39, 0.29) is 0 Å². The molecule has 0 radical (unpaired) electrons. The van der Waals surface area contributed by atoms with E-state index >= 15 is 0 Å². The molecule has 0 fully saturated rings. The molecule has 5 aromatic carbocycles. The van der Waals surface area contributed by atoms with Gasteiger partial charge in [0.25, 0.3) is 0 Å². The monoisotopic (exact) mass is 595 g/mol. The van der Waals surface area contributed by atoms with E-state index in [9.17, 15) is 0 Å². The van der Waals surface area contributed by atoms with Crippen LogP contribution < -0.4 is 4.90 Å². The van der Waals surface area contributed by atoms with E-state index in [4.69, 9.17) is 0 Å². The maximum Gasteiger partial charge on any atom is 0.0462 e. The van der Waals surface area contributed by atoms with Crippen LogP contribution >= 0.6 is 0 Å². The van der Waals surface area contributed by atoms with Crippen LogP contribution in [0.25, 0.3) is 30.4 Å². The summed E-state index contributed by atoms with van der Waals surface area (Å²) in [5.74, 6) is 0. The van der Waals surface area contributed by atoms with E-state index in [0.29, 0.717) is 0 Å². The predicted octanol–water partition coefficient (Wildman–Crippen LogP) is 12.8. The van der Waals surface area contributed by atoms with Crippen molar-refractivity contribution in [2.45, 2.75) is 33.6 Å². The Bertz CT molecular complexity index is 1830. The van der Waals surface area contributed by atoms with Crippen LogP contribution in [0.5, 0.6) is 0 Å². The summed E-state index contributed by atoms with van der Waals surface area (Å²) < 4.78 is 0. The summed E-state index contributed by atoms with van der Waals surface area (Å²) in [5, 5.41) is 0. The summed E-state index contributed by atoms with van der Waals surface area (Å²) in [4.78, 5) is 2.33. The largest absolute Gasteiger partial charge is 0.311 e. The van der Waals surface area contributed by atoms with E-state index < -0.39 is 0 Å². The molecule has 0 saturated carbocycles. The van der Waals surface area contributed by atoms with Crippen LogP contribution in [0.1, 0.15) is 58.7 Å². The van der Waals surface area contributed by atoms with E-state index in [1.807, 2.05) is 0 Å². The minimum absolute atomic E-state index is 1.10. The Morgan fingerprint density at radius 3 is 1.28 bits per heavy atom. The molecule has 6 rings (SSSR count). The van der Waals surface area contributed by atoms with E-state index in [1.54, 1.807) is 0 Å². The highest BCUT2D eigenvalue weighted by molar-refractivity contribution is 5.80. The van der Waals surface area contributed by atoms with E-state index in [0.717, 1.165) is 29.9 Å². The van der Waals surface area contributed by atoms with Gasteiger partial charge >= 0.3 is 0 Å². The Morgan fingerprint density at radius 2 is 0.870 bits per heavy atom. The van der Waals surface area contributed by atoms with Crippen molar-refractivity contribution in [3.05, 3.63) is 190 Å². The van der Waals surface area contributed by atoms with Crippen molar-refractivity contribution in [3.63, 3.8) is 0 Å². The lowest BCUT2D eigenvalue weighted by atomic mass is 9.99. The molecule has 1 nitrogen and oxygen atoms in total. The molecule has 0 aliphatic heterocycles. The fourth-order valence-corrected chi connectivity index (χ4v) is 5.81. The zero-order chi connectivity index (χ0) is 31.7. The second-order valence-electron chi connectivity index (χ2n) is 12.1. The Balaban J connectivity index is 1.27. The average molecular weight is 596 g/mol. The molecular weight excluding hydrogens is 555 g/mol. The predicted molar refractivity (Wildman–Crippen MR) is 201 cm³/mol. The quantitative estimate of drug-likeness (QED) is 0.153. The molecule has 46 heavy (non-hydrogen) atoms. The Morgan fingerprint density at radius 1 is 0.457 bits per heavy atom. The third kappa shape index (κ3) is 8.20. The van der Waals surface area contributed by atoms with Gasteiger partial charge in [0.05, 0.1) is 0 Å². The molecule has 0 unspecified atom stereocenters. The number of nitrogens with zero attached hydrogens (tertiary/aromatic N) is 1. The van der Waals surface area contributed by atoms with Crippen molar-refractivity contribution >= 4 is 47.4 Å². The summed E-state index contributed by atoms with van der Waals surface area (Å²) in [7, 11) is 0. The van der Waals surface area contributed by atoms with Gasteiger partial charge in [-0.1, -0.05) is 150 Å². The number of rotatable bonds is 9. The van der Waals surface area contributed by atoms with Crippen LogP contribution in [0, 0.1) is 13.8 Å². The van der Waals surface area contributed by atoms with E-state index in [1.165, 1.54) is 50.1 Å². The summed E-state index contributed by atoms with van der Waals surface area (Å²) in [6, 6.07) is 43.6. The van der Waals surface area contributed by atoms with Crippen molar-refractivity contribution in [2.24, 2.45) is 0 Å². The Labute approximate surface area is 274 Å². The smallest absolute Gasteiger partial charge is 0.0462 e. The minimum atomic E-state index is 1.10. The third-order valence-electron chi connectivity index (χ3n) is 8.28. The van der Waals surface area contributed by atoms with Crippen molar-refractivity contribution in [2.75, 3.05) is 4.90 Å². The molecule has 0 N–H and O–H groups in total. The maximum absolute atomic E-state index is 2.33. The van der Waals surface area contributed by atoms with Gasteiger partial charge in [0.2, 0.25) is 0 Å². The molecule has 0 amide bonds.